The fourth-order valence-electron chi connectivity index (χ4n) is 4.04. The summed E-state index contributed by atoms with van der Waals surface area (Å²) in [5.74, 6) is -0.747. The van der Waals surface area contributed by atoms with Gasteiger partial charge < -0.3 is 14.6 Å². The minimum atomic E-state index is -0.821. The number of fused-ring (bicyclic) bond motifs is 3. The lowest BCUT2D eigenvalue weighted by Gasteiger charge is -2.28. The first-order valence-electron chi connectivity index (χ1n) is 10.1. The Hall–Kier alpha value is -2.93. The van der Waals surface area contributed by atoms with Gasteiger partial charge in [0.15, 0.2) is 0 Å². The number of carboxylic acids is 1. The van der Waals surface area contributed by atoms with Crippen molar-refractivity contribution in [2.75, 3.05) is 6.54 Å². The van der Waals surface area contributed by atoms with Crippen LogP contribution in [0.3, 0.4) is 0 Å². The van der Waals surface area contributed by atoms with Crippen molar-refractivity contribution in [3.8, 4) is 0 Å². The van der Waals surface area contributed by atoms with Crippen LogP contribution in [0.1, 0.15) is 42.5 Å². The van der Waals surface area contributed by atoms with Gasteiger partial charge in [0.05, 0.1) is 13.1 Å². The number of carboxylic acid groups (broad SMARTS) is 1. The summed E-state index contributed by atoms with van der Waals surface area (Å²) in [5, 5.41) is 10.3. The fraction of sp³-hybridized carbons (Fsp3) is 0.364. The quantitative estimate of drug-likeness (QED) is 0.460. The molecule has 156 valence electrons. The highest BCUT2D eigenvalue weighted by molar-refractivity contribution is 6.29. The molecule has 8 heteroatoms. The number of hydrogen-bond donors (Lipinski definition) is 1. The Balaban J connectivity index is 1.57. The highest BCUT2D eigenvalue weighted by Gasteiger charge is 2.27. The van der Waals surface area contributed by atoms with Gasteiger partial charge in [-0.1, -0.05) is 17.7 Å². The van der Waals surface area contributed by atoms with Crippen LogP contribution in [0, 0.1) is 0 Å². The topological polar surface area (TPSA) is 88.3 Å². The van der Waals surface area contributed by atoms with E-state index < -0.39 is 5.97 Å². The molecular formula is C22H23ClN4O3. The maximum atomic E-state index is 12.7. The van der Waals surface area contributed by atoms with E-state index in [9.17, 15) is 9.59 Å². The molecule has 0 saturated heterocycles. The summed E-state index contributed by atoms with van der Waals surface area (Å²) in [5.41, 5.74) is 4.27. The zero-order valence-electron chi connectivity index (χ0n) is 16.6. The van der Waals surface area contributed by atoms with E-state index in [0.717, 1.165) is 28.7 Å². The maximum absolute atomic E-state index is 12.7. The Labute approximate surface area is 179 Å². The van der Waals surface area contributed by atoms with Crippen LogP contribution >= 0.6 is 11.6 Å². The van der Waals surface area contributed by atoms with Gasteiger partial charge in [0.25, 0.3) is 0 Å². The summed E-state index contributed by atoms with van der Waals surface area (Å²) in [4.78, 5) is 34.0. The standard InChI is InChI=1S/C22H23ClN4O3/c23-19-8-7-15(12-25-19)13-27-18-14-26(20(28)5-1-2-6-21(29)30)11-9-16(18)17-4-3-10-24-22(17)27/h3-4,7-8,10,12H,1-2,5-6,9,11,13-14H2,(H,29,30). The van der Waals surface area contributed by atoms with Crippen molar-refractivity contribution in [1.29, 1.82) is 0 Å². The van der Waals surface area contributed by atoms with Crippen molar-refractivity contribution in [1.82, 2.24) is 19.4 Å². The normalized spacial score (nSPS) is 13.4. The third kappa shape index (κ3) is 4.31. The molecule has 3 aromatic rings. The lowest BCUT2D eigenvalue weighted by molar-refractivity contribution is -0.137. The summed E-state index contributed by atoms with van der Waals surface area (Å²) >= 11 is 5.92. The van der Waals surface area contributed by atoms with Gasteiger partial charge in [-0.2, -0.15) is 0 Å². The third-order valence-corrected chi connectivity index (χ3v) is 5.75. The van der Waals surface area contributed by atoms with Crippen LogP contribution in [0.25, 0.3) is 11.0 Å². The van der Waals surface area contributed by atoms with E-state index in [2.05, 4.69) is 20.6 Å². The molecule has 1 aliphatic heterocycles. The van der Waals surface area contributed by atoms with Gasteiger partial charge in [-0.3, -0.25) is 9.59 Å². The molecule has 0 saturated carbocycles. The molecule has 0 atom stereocenters. The third-order valence-electron chi connectivity index (χ3n) is 5.53. The number of halogens is 1. The van der Waals surface area contributed by atoms with Crippen molar-refractivity contribution >= 4 is 34.5 Å². The summed E-state index contributed by atoms with van der Waals surface area (Å²) < 4.78 is 2.17. The van der Waals surface area contributed by atoms with Crippen LogP contribution in [0.4, 0.5) is 0 Å². The van der Waals surface area contributed by atoms with Crippen LogP contribution in [0.15, 0.2) is 36.7 Å². The lowest BCUT2D eigenvalue weighted by atomic mass is 10.0. The van der Waals surface area contributed by atoms with E-state index >= 15 is 0 Å². The van der Waals surface area contributed by atoms with E-state index in [0.29, 0.717) is 44.0 Å². The molecule has 0 aliphatic carbocycles. The molecule has 0 bridgehead atoms. The van der Waals surface area contributed by atoms with Crippen molar-refractivity contribution < 1.29 is 14.7 Å². The number of unbranched alkanes of at least 4 members (excludes halogenated alkanes) is 1. The van der Waals surface area contributed by atoms with Crippen molar-refractivity contribution in [2.24, 2.45) is 0 Å². The summed E-state index contributed by atoms with van der Waals surface area (Å²) in [6.45, 7) is 1.80. The molecule has 3 aromatic heterocycles. The summed E-state index contributed by atoms with van der Waals surface area (Å²) in [7, 11) is 0. The van der Waals surface area contributed by atoms with Crippen LogP contribution in [0.5, 0.6) is 0 Å². The smallest absolute Gasteiger partial charge is 0.303 e. The van der Waals surface area contributed by atoms with Gasteiger partial charge >= 0.3 is 5.97 Å². The highest BCUT2D eigenvalue weighted by Crippen LogP contribution is 2.31. The van der Waals surface area contributed by atoms with Crippen molar-refractivity contribution in [3.05, 3.63) is 58.6 Å². The molecule has 1 amide bonds. The van der Waals surface area contributed by atoms with E-state index in [1.54, 1.807) is 18.5 Å². The first-order chi connectivity index (χ1) is 14.5. The number of carbonyl (C=O) groups excluding carboxylic acids is 1. The molecule has 0 fully saturated rings. The van der Waals surface area contributed by atoms with E-state index in [4.69, 9.17) is 16.7 Å². The van der Waals surface area contributed by atoms with Crippen LogP contribution in [-0.4, -0.2) is 43.0 Å². The Morgan fingerprint density at radius 2 is 1.97 bits per heavy atom. The molecule has 1 N–H and O–H groups in total. The monoisotopic (exact) mass is 426 g/mol. The van der Waals surface area contributed by atoms with E-state index in [1.807, 2.05) is 17.0 Å². The SMILES string of the molecule is O=C(O)CCCCC(=O)N1CCc2c(n(Cc3ccc(Cl)nc3)c3ncccc23)C1. The molecule has 0 spiro atoms. The molecule has 1 aliphatic rings. The average molecular weight is 427 g/mol. The molecule has 0 aromatic carbocycles. The molecule has 30 heavy (non-hydrogen) atoms. The second-order valence-corrected chi connectivity index (χ2v) is 7.93. The summed E-state index contributed by atoms with van der Waals surface area (Å²) in [6, 6.07) is 7.75. The first-order valence-corrected chi connectivity index (χ1v) is 10.5. The molecule has 0 unspecified atom stereocenters. The number of nitrogens with zero attached hydrogens (tertiary/aromatic N) is 4. The van der Waals surface area contributed by atoms with Gasteiger partial charge in [0.1, 0.15) is 10.8 Å². The minimum absolute atomic E-state index is 0.0731. The fourth-order valence-corrected chi connectivity index (χ4v) is 4.15. The predicted octanol–water partition coefficient (Wildman–Crippen LogP) is 3.66. The maximum Gasteiger partial charge on any atom is 0.303 e. The van der Waals surface area contributed by atoms with Crippen LogP contribution in [-0.2, 0) is 29.1 Å². The predicted molar refractivity (Wildman–Crippen MR) is 113 cm³/mol. The molecule has 0 radical (unpaired) electrons. The van der Waals surface area contributed by atoms with Gasteiger partial charge in [-0.25, -0.2) is 9.97 Å². The number of pyridine rings is 2. The molecule has 4 heterocycles. The van der Waals surface area contributed by atoms with Gasteiger partial charge in [0, 0.05) is 42.9 Å². The average Bonchev–Trinajstić information content (AvgIpc) is 3.06. The van der Waals surface area contributed by atoms with Gasteiger partial charge in [-0.05, 0) is 48.6 Å². The van der Waals surface area contributed by atoms with Crippen molar-refractivity contribution in [2.45, 2.75) is 45.2 Å². The molecule has 4 rings (SSSR count). The van der Waals surface area contributed by atoms with Gasteiger partial charge in [0.2, 0.25) is 5.91 Å². The number of amides is 1. The number of aliphatic carboxylic acids is 1. The largest absolute Gasteiger partial charge is 0.481 e. The van der Waals surface area contributed by atoms with Crippen LogP contribution in [0.2, 0.25) is 5.15 Å². The number of carbonyl (C=O) groups is 2. The van der Waals surface area contributed by atoms with Crippen molar-refractivity contribution in [3.63, 3.8) is 0 Å². The molecule has 7 nitrogen and oxygen atoms in total. The zero-order valence-corrected chi connectivity index (χ0v) is 17.3. The Morgan fingerprint density at radius 3 is 2.73 bits per heavy atom. The summed E-state index contributed by atoms with van der Waals surface area (Å²) in [6.07, 6.45) is 5.93. The number of aromatic nitrogens is 3. The Morgan fingerprint density at radius 1 is 1.13 bits per heavy atom. The lowest BCUT2D eigenvalue weighted by Crippen LogP contribution is -2.36. The molecular weight excluding hydrogens is 404 g/mol. The second kappa shape index (κ2) is 8.83. The number of hydrogen-bond acceptors (Lipinski definition) is 4. The highest BCUT2D eigenvalue weighted by atomic mass is 35.5. The van der Waals surface area contributed by atoms with Gasteiger partial charge in [-0.15, -0.1) is 0 Å². The Bertz CT molecular complexity index is 1080. The van der Waals surface area contributed by atoms with E-state index in [-0.39, 0.29) is 12.3 Å². The minimum Gasteiger partial charge on any atom is -0.481 e. The van der Waals surface area contributed by atoms with E-state index in [1.165, 1.54) is 5.56 Å². The number of rotatable bonds is 7. The zero-order chi connectivity index (χ0) is 21.1. The van der Waals surface area contributed by atoms with Crippen LogP contribution < -0.4 is 0 Å². The first kappa shape index (κ1) is 20.3. The Kier molecular flexibility index (Phi) is 5.99. The second-order valence-electron chi connectivity index (χ2n) is 7.54.